The van der Waals surface area contributed by atoms with Gasteiger partial charge in [-0.15, -0.1) is 0 Å². The van der Waals surface area contributed by atoms with Gasteiger partial charge in [-0.3, -0.25) is 0 Å². The number of nitrogens with two attached hydrogens (primary N) is 1. The Labute approximate surface area is 158 Å². The molecule has 0 amide bonds. The highest BCUT2D eigenvalue weighted by Crippen LogP contribution is 2.04. The Morgan fingerprint density at radius 2 is 1.25 bits per heavy atom. The van der Waals surface area contributed by atoms with Crippen molar-refractivity contribution in [3.63, 3.8) is 0 Å². The molecule has 0 unspecified atom stereocenters. The van der Waals surface area contributed by atoms with Crippen LogP contribution in [0.2, 0.25) is 0 Å². The molecule has 0 bridgehead atoms. The van der Waals surface area contributed by atoms with Crippen LogP contribution in [0.5, 0.6) is 0 Å². The standard InChI is InChI=1S/C11H15N.C9H11N.2ClH/c1-3-10-5-7-11(8-6-10)9-12-4-2;1-2-8-3-5-9(7-10)6-4-8;;/h3,5-8,12H,1,4,9H2,2H3;2-6H,1,7,10H2;2*1H. The Morgan fingerprint density at radius 1 is 0.833 bits per heavy atom. The number of halogens is 2. The molecule has 0 aliphatic carbocycles. The molecule has 4 heteroatoms. The largest absolute Gasteiger partial charge is 1.00 e. The summed E-state index contributed by atoms with van der Waals surface area (Å²) in [5.74, 6) is 0. The number of hydrogen-bond acceptors (Lipinski definition) is 0. The Morgan fingerprint density at radius 3 is 1.58 bits per heavy atom. The number of benzene rings is 2. The van der Waals surface area contributed by atoms with Crippen LogP contribution in [0.1, 0.15) is 29.2 Å². The maximum Gasteiger partial charge on any atom is 0.101 e. The lowest BCUT2D eigenvalue weighted by Crippen LogP contribution is -3.00. The molecule has 24 heavy (non-hydrogen) atoms. The Balaban J connectivity index is 0. The van der Waals surface area contributed by atoms with Crippen LogP contribution < -0.4 is 35.9 Å². The molecule has 0 fully saturated rings. The van der Waals surface area contributed by atoms with E-state index in [4.69, 9.17) is 0 Å². The summed E-state index contributed by atoms with van der Waals surface area (Å²) >= 11 is 0. The number of quaternary nitrogens is 2. The summed E-state index contributed by atoms with van der Waals surface area (Å²) in [4.78, 5) is 0. The number of hydrogen-bond donors (Lipinski definition) is 2. The van der Waals surface area contributed by atoms with Crippen molar-refractivity contribution in [3.8, 4) is 0 Å². The van der Waals surface area contributed by atoms with Crippen molar-refractivity contribution in [2.24, 2.45) is 0 Å². The first kappa shape index (κ1) is 24.7. The van der Waals surface area contributed by atoms with Gasteiger partial charge in [0.25, 0.3) is 0 Å². The second-order valence-electron chi connectivity index (χ2n) is 5.04. The minimum absolute atomic E-state index is 0. The molecule has 0 atom stereocenters. The molecule has 0 spiro atoms. The molecule has 0 saturated carbocycles. The molecule has 5 N–H and O–H groups in total. The average molecular weight is 367 g/mol. The zero-order valence-electron chi connectivity index (χ0n) is 14.3. The fourth-order valence-corrected chi connectivity index (χ4v) is 1.92. The lowest BCUT2D eigenvalue weighted by atomic mass is 10.1. The second kappa shape index (κ2) is 15.0. The monoisotopic (exact) mass is 366 g/mol. The van der Waals surface area contributed by atoms with Gasteiger partial charge in [-0.05, 0) is 18.1 Å². The first-order chi connectivity index (χ1) is 10.7. The Bertz CT molecular complexity index is 563. The molecule has 0 radical (unpaired) electrons. The third-order valence-electron chi connectivity index (χ3n) is 3.39. The predicted octanol–water partition coefficient (Wildman–Crippen LogP) is -3.51. The zero-order chi connectivity index (χ0) is 16.2. The van der Waals surface area contributed by atoms with Crippen molar-refractivity contribution < 1.29 is 35.9 Å². The maximum absolute atomic E-state index is 3.79. The van der Waals surface area contributed by atoms with Gasteiger partial charge in [0.2, 0.25) is 0 Å². The van der Waals surface area contributed by atoms with E-state index in [0.29, 0.717) is 0 Å². The highest BCUT2D eigenvalue weighted by Gasteiger charge is 1.92. The molecular weight excluding hydrogens is 339 g/mol. The van der Waals surface area contributed by atoms with Crippen LogP contribution in [0, 0.1) is 0 Å². The van der Waals surface area contributed by atoms with Crippen LogP contribution >= 0.6 is 0 Å². The van der Waals surface area contributed by atoms with Crippen LogP contribution in [0.25, 0.3) is 12.2 Å². The first-order valence-electron chi connectivity index (χ1n) is 7.77. The van der Waals surface area contributed by atoms with Crippen LogP contribution in [-0.2, 0) is 13.1 Å². The summed E-state index contributed by atoms with van der Waals surface area (Å²) in [5.41, 5.74) is 8.79. The first-order valence-corrected chi connectivity index (χ1v) is 7.77. The molecule has 0 aliphatic heterocycles. The molecule has 0 aliphatic rings. The normalized spacial score (nSPS) is 8.75. The third-order valence-corrected chi connectivity index (χ3v) is 3.39. The predicted molar refractivity (Wildman–Crippen MR) is 95.8 cm³/mol. The van der Waals surface area contributed by atoms with Gasteiger partial charge in [-0.1, -0.05) is 73.8 Å². The summed E-state index contributed by atoms with van der Waals surface area (Å²) in [6, 6.07) is 16.8. The third kappa shape index (κ3) is 9.53. The smallest absolute Gasteiger partial charge is 0.101 e. The van der Waals surface area contributed by atoms with Crippen molar-refractivity contribution in [1.29, 1.82) is 0 Å². The van der Waals surface area contributed by atoms with E-state index in [1.54, 1.807) is 0 Å². The molecule has 2 nitrogen and oxygen atoms in total. The number of rotatable bonds is 6. The van der Waals surface area contributed by atoms with Gasteiger partial charge in [0.1, 0.15) is 6.54 Å². The summed E-state index contributed by atoms with van der Waals surface area (Å²) in [6.07, 6.45) is 3.71. The Kier molecular flexibility index (Phi) is 15.4. The van der Waals surface area contributed by atoms with Crippen LogP contribution in [-0.4, -0.2) is 6.54 Å². The van der Waals surface area contributed by atoms with Gasteiger partial charge in [-0.2, -0.15) is 0 Å². The van der Waals surface area contributed by atoms with Gasteiger partial charge in [0.05, 0.1) is 13.1 Å². The summed E-state index contributed by atoms with van der Waals surface area (Å²) in [6.45, 7) is 12.6. The summed E-state index contributed by atoms with van der Waals surface area (Å²) < 4.78 is 0. The summed E-state index contributed by atoms with van der Waals surface area (Å²) in [5, 5.41) is 2.28. The fourth-order valence-electron chi connectivity index (χ4n) is 1.92. The van der Waals surface area contributed by atoms with E-state index < -0.39 is 0 Å². The van der Waals surface area contributed by atoms with E-state index in [1.165, 1.54) is 16.7 Å². The maximum atomic E-state index is 3.79. The van der Waals surface area contributed by atoms with Gasteiger partial charge in [0.15, 0.2) is 0 Å². The van der Waals surface area contributed by atoms with E-state index in [1.807, 2.05) is 24.3 Å². The molecule has 0 aromatic heterocycles. The lowest BCUT2D eigenvalue weighted by molar-refractivity contribution is -0.667. The van der Waals surface area contributed by atoms with Gasteiger partial charge in [0, 0.05) is 11.1 Å². The van der Waals surface area contributed by atoms with Crippen molar-refractivity contribution in [2.75, 3.05) is 6.54 Å². The zero-order valence-corrected chi connectivity index (χ0v) is 15.9. The molecular formula is C20H28Cl2N2. The topological polar surface area (TPSA) is 44.2 Å². The van der Waals surface area contributed by atoms with Crippen LogP contribution in [0.15, 0.2) is 61.7 Å². The van der Waals surface area contributed by atoms with E-state index in [2.05, 4.69) is 67.5 Å². The SMILES string of the molecule is C=Cc1ccc(C[NH2+]CC)cc1.C=Cc1ccc(C[NH3+])cc1.[Cl-].[Cl-]. The molecule has 2 aromatic rings. The van der Waals surface area contributed by atoms with Crippen molar-refractivity contribution in [3.05, 3.63) is 83.9 Å². The van der Waals surface area contributed by atoms with E-state index >= 15 is 0 Å². The second-order valence-corrected chi connectivity index (χ2v) is 5.04. The minimum atomic E-state index is 0. The molecule has 0 heterocycles. The summed E-state index contributed by atoms with van der Waals surface area (Å²) in [7, 11) is 0. The lowest BCUT2D eigenvalue weighted by Gasteiger charge is -1.99. The quantitative estimate of drug-likeness (QED) is 0.532. The van der Waals surface area contributed by atoms with Crippen LogP contribution in [0.3, 0.4) is 0 Å². The average Bonchev–Trinajstić information content (AvgIpc) is 2.61. The highest BCUT2D eigenvalue weighted by molar-refractivity contribution is 5.47. The minimum Gasteiger partial charge on any atom is -1.00 e. The van der Waals surface area contributed by atoms with Crippen molar-refractivity contribution in [2.45, 2.75) is 20.0 Å². The highest BCUT2D eigenvalue weighted by atomic mass is 35.5. The van der Waals surface area contributed by atoms with Gasteiger partial charge >= 0.3 is 0 Å². The fraction of sp³-hybridized carbons (Fsp3) is 0.200. The van der Waals surface area contributed by atoms with E-state index in [9.17, 15) is 0 Å². The van der Waals surface area contributed by atoms with Crippen molar-refractivity contribution >= 4 is 12.2 Å². The van der Waals surface area contributed by atoms with Gasteiger partial charge < -0.3 is 35.9 Å². The van der Waals surface area contributed by atoms with Gasteiger partial charge in [-0.25, -0.2) is 0 Å². The molecule has 2 aromatic carbocycles. The molecule has 2 rings (SSSR count). The molecule has 132 valence electrons. The molecule has 0 saturated heterocycles. The van der Waals surface area contributed by atoms with E-state index in [-0.39, 0.29) is 24.8 Å². The Hall–Kier alpha value is -1.58. The van der Waals surface area contributed by atoms with Crippen molar-refractivity contribution in [1.82, 2.24) is 0 Å². The van der Waals surface area contributed by atoms with Crippen LogP contribution in [0.4, 0.5) is 0 Å². The van der Waals surface area contributed by atoms with E-state index in [0.717, 1.165) is 25.2 Å².